The fourth-order valence-corrected chi connectivity index (χ4v) is 5.97. The Balaban J connectivity index is 1.49. The number of hydrogen-bond donors (Lipinski definition) is 2. The molecule has 182 valence electrons. The molecule has 2 aromatic carbocycles. The monoisotopic (exact) mass is 672 g/mol. The first-order valence-corrected chi connectivity index (χ1v) is 15.0. The molecule has 3 aromatic rings. The second kappa shape index (κ2) is 11.6. The van der Waals surface area contributed by atoms with Crippen molar-refractivity contribution in [3.05, 3.63) is 152 Å². The first-order valence-electron chi connectivity index (χ1n) is 11.9. The summed E-state index contributed by atoms with van der Waals surface area (Å²) in [6.07, 6.45) is 10.2. The molecule has 0 saturated carbocycles. The van der Waals surface area contributed by atoms with E-state index in [1.54, 1.807) is 0 Å². The van der Waals surface area contributed by atoms with Gasteiger partial charge in [-0.25, -0.2) is 0 Å². The van der Waals surface area contributed by atoms with Gasteiger partial charge in [-0.1, -0.05) is 12.6 Å². The standard InChI is InChI=1S/C31H22Br2N4.Zn/c1-20(32)31(34)30(33)28-17-16-27(37-28)29(22-10-6-3-7-11-22)26-15-14-25(36-26)19-24-13-12-23(35-24)18-21-8-4-2-5-9-21;/h2-17,19,36H,1,34H2;/b24-19?,29-27-,31-30+;. The molecule has 2 aliphatic heterocycles. The van der Waals surface area contributed by atoms with Crippen LogP contribution in [0.15, 0.2) is 140 Å². The van der Waals surface area contributed by atoms with Crippen LogP contribution in [0.4, 0.5) is 0 Å². The van der Waals surface area contributed by atoms with Crippen LogP contribution in [0.2, 0.25) is 0 Å². The van der Waals surface area contributed by atoms with Crippen molar-refractivity contribution in [3.63, 3.8) is 0 Å². The van der Waals surface area contributed by atoms with Gasteiger partial charge in [0.15, 0.2) is 0 Å². The summed E-state index contributed by atoms with van der Waals surface area (Å²) < 4.78 is 2.58. The Labute approximate surface area is 248 Å². The molecule has 0 atom stereocenters. The third-order valence-electron chi connectivity index (χ3n) is 6.09. The van der Waals surface area contributed by atoms with E-state index in [-0.39, 0.29) is 0 Å². The van der Waals surface area contributed by atoms with Gasteiger partial charge in [0, 0.05) is 4.48 Å². The summed E-state index contributed by atoms with van der Waals surface area (Å²) in [6, 6.07) is 24.8. The second-order valence-corrected chi connectivity index (χ2v) is 11.9. The van der Waals surface area contributed by atoms with Crippen LogP contribution in [0.3, 0.4) is 0 Å². The van der Waals surface area contributed by atoms with Crippen LogP contribution in [-0.4, -0.2) is 20.5 Å². The molecule has 0 aliphatic carbocycles. The van der Waals surface area contributed by atoms with Gasteiger partial charge >= 0.3 is 185 Å². The number of H-pyrrole nitrogens is 1. The third kappa shape index (κ3) is 5.75. The number of nitrogens with one attached hydrogen (secondary N) is 1. The first kappa shape index (κ1) is 26.4. The molecule has 0 saturated heterocycles. The van der Waals surface area contributed by atoms with Crippen LogP contribution in [0.25, 0.3) is 11.6 Å². The summed E-state index contributed by atoms with van der Waals surface area (Å²) in [7, 11) is 0. The number of aliphatic imine (C=N–C) groups is 2. The molecular formula is C31H22Br2N4Zn. The molecule has 0 bridgehead atoms. The van der Waals surface area contributed by atoms with Crippen molar-refractivity contribution in [2.45, 2.75) is 0 Å². The van der Waals surface area contributed by atoms with Crippen LogP contribution in [0.1, 0.15) is 22.5 Å². The van der Waals surface area contributed by atoms with Crippen LogP contribution in [-0.2, 0) is 17.9 Å². The summed E-state index contributed by atoms with van der Waals surface area (Å²) in [6.45, 7) is 3.86. The topological polar surface area (TPSA) is 66.5 Å². The van der Waals surface area contributed by atoms with Gasteiger partial charge in [-0.3, -0.25) is 0 Å². The zero-order chi connectivity index (χ0) is 26.6. The van der Waals surface area contributed by atoms with Crippen LogP contribution >= 0.6 is 31.9 Å². The summed E-state index contributed by atoms with van der Waals surface area (Å²) >= 11 is 7.95. The predicted molar refractivity (Wildman–Crippen MR) is 163 cm³/mol. The van der Waals surface area contributed by atoms with E-state index in [1.807, 2.05) is 36.4 Å². The number of aromatic nitrogens is 1. The minimum absolute atomic E-state index is 0.511. The Morgan fingerprint density at radius 3 is 2.16 bits per heavy atom. The van der Waals surface area contributed by atoms with Gasteiger partial charge in [0.25, 0.3) is 0 Å². The molecular weight excluding hydrogens is 654 g/mol. The third-order valence-corrected chi connectivity index (χ3v) is 8.96. The minimum atomic E-state index is 0.511. The normalized spacial score (nSPS) is 17.4. The molecule has 4 nitrogen and oxygen atoms in total. The molecule has 0 amide bonds. The Morgan fingerprint density at radius 2 is 1.47 bits per heavy atom. The fraction of sp³-hybridized carbons (Fsp3) is 0. The van der Waals surface area contributed by atoms with Crippen molar-refractivity contribution in [1.29, 1.82) is 0 Å². The van der Waals surface area contributed by atoms with Crippen molar-refractivity contribution >= 4 is 59.0 Å². The van der Waals surface area contributed by atoms with Crippen LogP contribution in [0.5, 0.6) is 0 Å². The Morgan fingerprint density at radius 1 is 0.816 bits per heavy atom. The van der Waals surface area contributed by atoms with E-state index in [9.17, 15) is 0 Å². The number of benzene rings is 2. The van der Waals surface area contributed by atoms with Gasteiger partial charge in [0.1, 0.15) is 0 Å². The average molecular weight is 676 g/mol. The van der Waals surface area contributed by atoms with Gasteiger partial charge in [0.2, 0.25) is 0 Å². The molecule has 38 heavy (non-hydrogen) atoms. The van der Waals surface area contributed by atoms with Crippen LogP contribution < -0.4 is 5.73 Å². The maximum atomic E-state index is 6.15. The van der Waals surface area contributed by atoms with E-state index in [4.69, 9.17) is 15.7 Å². The summed E-state index contributed by atoms with van der Waals surface area (Å²) in [5.41, 5.74) is 15.4. The summed E-state index contributed by atoms with van der Waals surface area (Å²) in [4.78, 5) is 13.3. The second-order valence-electron chi connectivity index (χ2n) is 8.66. The van der Waals surface area contributed by atoms with Crippen molar-refractivity contribution in [2.75, 3.05) is 0 Å². The molecule has 5 rings (SSSR count). The molecule has 3 N–H and O–H groups in total. The molecule has 2 aliphatic rings. The number of halogens is 2. The zero-order valence-corrected chi connectivity index (χ0v) is 26.6. The van der Waals surface area contributed by atoms with Gasteiger partial charge in [-0.15, -0.1) is 0 Å². The predicted octanol–water partition coefficient (Wildman–Crippen LogP) is 7.38. The molecule has 0 radical (unpaired) electrons. The van der Waals surface area contributed by atoms with Gasteiger partial charge < -0.3 is 5.73 Å². The maximum absolute atomic E-state index is 6.15. The van der Waals surface area contributed by atoms with Crippen molar-refractivity contribution in [2.24, 2.45) is 15.7 Å². The van der Waals surface area contributed by atoms with E-state index in [0.29, 0.717) is 14.7 Å². The zero-order valence-electron chi connectivity index (χ0n) is 20.5. The quantitative estimate of drug-likeness (QED) is 0.199. The molecule has 0 unspecified atom stereocenters. The van der Waals surface area contributed by atoms with Gasteiger partial charge in [0.05, 0.1) is 10.2 Å². The molecule has 0 spiro atoms. The van der Waals surface area contributed by atoms with Gasteiger partial charge in [-0.05, 0) is 31.9 Å². The molecule has 1 aromatic heterocycles. The summed E-state index contributed by atoms with van der Waals surface area (Å²) in [5.74, 6) is 0. The molecule has 0 fully saturated rings. The first-order chi connectivity index (χ1) is 18.4. The van der Waals surface area contributed by atoms with Gasteiger partial charge in [-0.2, -0.15) is 0 Å². The number of hydrogen-bond acceptors (Lipinski definition) is 3. The molecule has 7 heteroatoms. The van der Waals surface area contributed by atoms with E-state index in [0.717, 1.165) is 63.2 Å². The summed E-state index contributed by atoms with van der Waals surface area (Å²) in [5, 5.41) is 0. The SMILES string of the molecule is C=C(Br)/C(N)=C(\Br)C1=N/C(=C(/c2ccccc2)c2ccc(C=C3C=CC([C](=[Zn])c4ccccc4)=N3)[nH]2)C=C1. The number of allylic oxidation sites excluding steroid dienone is 6. The van der Waals surface area contributed by atoms with Crippen molar-refractivity contribution in [3.8, 4) is 0 Å². The van der Waals surface area contributed by atoms with Crippen LogP contribution in [0, 0.1) is 0 Å². The van der Waals surface area contributed by atoms with E-state index in [1.165, 1.54) is 9.67 Å². The fourth-order valence-electron chi connectivity index (χ4n) is 4.14. The number of aromatic amines is 1. The molecule has 3 heterocycles. The van der Waals surface area contributed by atoms with E-state index >= 15 is 0 Å². The Kier molecular flexibility index (Phi) is 8.08. The number of nitrogens with zero attached hydrogens (tertiary/aromatic N) is 2. The number of nitrogens with two attached hydrogens (primary N) is 1. The van der Waals surface area contributed by atoms with Crippen molar-refractivity contribution in [1.82, 2.24) is 4.98 Å². The van der Waals surface area contributed by atoms with E-state index < -0.39 is 0 Å². The Hall–Kier alpha value is -3.25. The van der Waals surface area contributed by atoms with E-state index in [2.05, 4.69) is 110 Å². The average Bonchev–Trinajstić information content (AvgIpc) is 3.71. The van der Waals surface area contributed by atoms with Crippen molar-refractivity contribution < 1.29 is 17.9 Å². The number of rotatable bonds is 7. The Bertz CT molecular complexity index is 1650.